The fourth-order valence-electron chi connectivity index (χ4n) is 2.37. The van der Waals surface area contributed by atoms with Crippen LogP contribution in [0.1, 0.15) is 11.4 Å². The van der Waals surface area contributed by atoms with Crippen LogP contribution in [-0.4, -0.2) is 15.4 Å². The minimum Gasteiger partial charge on any atom is -0.323 e. The average Bonchev–Trinajstić information content (AvgIpc) is 2.77. The summed E-state index contributed by atoms with van der Waals surface area (Å²) in [5, 5.41) is 0. The molecule has 0 aliphatic rings. The van der Waals surface area contributed by atoms with Crippen LogP contribution >= 0.6 is 27.5 Å². The zero-order valence-corrected chi connectivity index (χ0v) is 13.2. The van der Waals surface area contributed by atoms with Gasteiger partial charge >= 0.3 is 0 Å². The third-order valence-electron chi connectivity index (χ3n) is 3.29. The van der Waals surface area contributed by atoms with Crippen molar-refractivity contribution in [3.63, 3.8) is 0 Å². The summed E-state index contributed by atoms with van der Waals surface area (Å²) in [5.41, 5.74) is 3.43. The van der Waals surface area contributed by atoms with Crippen LogP contribution < -0.4 is 0 Å². The van der Waals surface area contributed by atoms with E-state index in [0.717, 1.165) is 34.3 Å². The lowest BCUT2D eigenvalue weighted by molar-refractivity contribution is 0.754. The molecular formula is C16H14BrClN2. The number of rotatable bonds is 4. The van der Waals surface area contributed by atoms with Crippen molar-refractivity contribution in [1.82, 2.24) is 9.55 Å². The van der Waals surface area contributed by atoms with E-state index in [0.29, 0.717) is 5.88 Å². The Morgan fingerprint density at radius 2 is 1.90 bits per heavy atom. The summed E-state index contributed by atoms with van der Waals surface area (Å²) < 4.78 is 3.30. The quantitative estimate of drug-likeness (QED) is 0.628. The maximum atomic E-state index is 5.91. The summed E-state index contributed by atoms with van der Waals surface area (Å²) in [6, 6.07) is 16.6. The van der Waals surface area contributed by atoms with Gasteiger partial charge < -0.3 is 4.57 Å². The first-order valence-electron chi connectivity index (χ1n) is 6.52. The molecule has 0 amide bonds. The van der Waals surface area contributed by atoms with Gasteiger partial charge in [-0.2, -0.15) is 0 Å². The van der Waals surface area contributed by atoms with Crippen LogP contribution in [0.25, 0.3) is 11.0 Å². The van der Waals surface area contributed by atoms with Crippen LogP contribution in [0.5, 0.6) is 0 Å². The summed E-state index contributed by atoms with van der Waals surface area (Å²) in [6.07, 6.45) is 0.778. The van der Waals surface area contributed by atoms with E-state index in [9.17, 15) is 0 Å². The third-order valence-corrected chi connectivity index (χ3v) is 3.97. The van der Waals surface area contributed by atoms with E-state index in [1.807, 2.05) is 6.07 Å². The topological polar surface area (TPSA) is 17.8 Å². The summed E-state index contributed by atoms with van der Waals surface area (Å²) >= 11 is 9.40. The molecule has 0 saturated carbocycles. The van der Waals surface area contributed by atoms with E-state index >= 15 is 0 Å². The van der Waals surface area contributed by atoms with Gasteiger partial charge in [0.15, 0.2) is 0 Å². The first kappa shape index (κ1) is 13.7. The van der Waals surface area contributed by atoms with Gasteiger partial charge in [-0.25, -0.2) is 4.98 Å². The lowest BCUT2D eigenvalue weighted by Crippen LogP contribution is -2.05. The van der Waals surface area contributed by atoms with Crippen LogP contribution in [0.15, 0.2) is 53.0 Å². The van der Waals surface area contributed by atoms with Crippen molar-refractivity contribution in [2.45, 2.75) is 13.0 Å². The molecule has 1 heterocycles. The van der Waals surface area contributed by atoms with Crippen LogP contribution in [0.3, 0.4) is 0 Å². The van der Waals surface area contributed by atoms with Crippen molar-refractivity contribution in [1.29, 1.82) is 0 Å². The number of aryl methyl sites for hydroxylation is 1. The summed E-state index contributed by atoms with van der Waals surface area (Å²) in [4.78, 5) is 4.71. The minimum atomic E-state index is 0.583. The largest absolute Gasteiger partial charge is 0.323 e. The first-order chi connectivity index (χ1) is 9.78. The second-order valence-corrected chi connectivity index (χ2v) is 5.97. The number of benzene rings is 2. The number of alkyl halides is 1. The summed E-state index contributed by atoms with van der Waals surface area (Å²) in [7, 11) is 0. The van der Waals surface area contributed by atoms with Crippen LogP contribution in [0.4, 0.5) is 0 Å². The van der Waals surface area contributed by atoms with Gasteiger partial charge in [0.2, 0.25) is 0 Å². The Kier molecular flexibility index (Phi) is 4.08. The fourth-order valence-corrected chi connectivity index (χ4v) is 2.89. The molecule has 0 fully saturated rings. The number of hydrogen-bond donors (Lipinski definition) is 0. The maximum absolute atomic E-state index is 5.91. The normalized spacial score (nSPS) is 11.1. The van der Waals surface area contributed by atoms with Gasteiger partial charge in [-0.3, -0.25) is 0 Å². The lowest BCUT2D eigenvalue weighted by atomic mass is 10.2. The predicted molar refractivity (Wildman–Crippen MR) is 87.4 cm³/mol. The van der Waals surface area contributed by atoms with Crippen molar-refractivity contribution in [3.8, 4) is 0 Å². The average molecular weight is 350 g/mol. The number of fused-ring (bicyclic) bond motifs is 1. The highest BCUT2D eigenvalue weighted by Crippen LogP contribution is 2.22. The minimum absolute atomic E-state index is 0.583. The Balaban J connectivity index is 2.09. The van der Waals surface area contributed by atoms with Crippen molar-refractivity contribution in [2.75, 3.05) is 5.88 Å². The van der Waals surface area contributed by atoms with Gasteiger partial charge in [-0.1, -0.05) is 46.3 Å². The molecule has 2 aromatic carbocycles. The van der Waals surface area contributed by atoms with E-state index < -0.39 is 0 Å². The highest BCUT2D eigenvalue weighted by atomic mass is 79.9. The first-order valence-corrected chi connectivity index (χ1v) is 7.85. The molecule has 0 atom stereocenters. The molecule has 0 spiro atoms. The van der Waals surface area contributed by atoms with Gasteiger partial charge in [0.25, 0.3) is 0 Å². The van der Waals surface area contributed by atoms with Gasteiger partial charge in [0.05, 0.1) is 11.0 Å². The number of halogens is 2. The second-order valence-electron chi connectivity index (χ2n) is 4.67. The molecule has 2 nitrogen and oxygen atoms in total. The van der Waals surface area contributed by atoms with Gasteiger partial charge in [0.1, 0.15) is 5.82 Å². The number of hydrogen-bond acceptors (Lipinski definition) is 1. The van der Waals surface area contributed by atoms with Crippen LogP contribution in [0, 0.1) is 0 Å². The Bertz CT molecular complexity index is 722. The molecule has 0 aliphatic carbocycles. The van der Waals surface area contributed by atoms with E-state index in [1.54, 1.807) is 0 Å². The van der Waals surface area contributed by atoms with Crippen molar-refractivity contribution < 1.29 is 0 Å². The molecule has 3 aromatic rings. The molecule has 0 saturated heterocycles. The van der Waals surface area contributed by atoms with Gasteiger partial charge in [0, 0.05) is 23.3 Å². The molecule has 0 N–H and O–H groups in total. The summed E-state index contributed by atoms with van der Waals surface area (Å²) in [5.74, 6) is 1.62. The maximum Gasteiger partial charge on any atom is 0.111 e. The zero-order chi connectivity index (χ0) is 13.9. The highest BCUT2D eigenvalue weighted by molar-refractivity contribution is 9.10. The molecular weight excluding hydrogens is 336 g/mol. The molecule has 4 heteroatoms. The summed E-state index contributed by atoms with van der Waals surface area (Å²) in [6.45, 7) is 0.825. The van der Waals surface area contributed by atoms with E-state index in [-0.39, 0.29) is 0 Å². The number of nitrogens with zero attached hydrogens (tertiary/aromatic N) is 2. The van der Waals surface area contributed by atoms with Crippen molar-refractivity contribution >= 4 is 38.6 Å². The van der Waals surface area contributed by atoms with E-state index in [2.05, 4.69) is 63.0 Å². The smallest absolute Gasteiger partial charge is 0.111 e. The fraction of sp³-hybridized carbons (Fsp3) is 0.188. The predicted octanol–water partition coefficient (Wildman–Crippen LogP) is 4.63. The third kappa shape index (κ3) is 2.74. The highest BCUT2D eigenvalue weighted by Gasteiger charge is 2.11. The molecule has 20 heavy (non-hydrogen) atoms. The molecule has 102 valence electrons. The molecule has 1 aromatic heterocycles. The second kappa shape index (κ2) is 5.98. The Hall–Kier alpha value is -1.32. The van der Waals surface area contributed by atoms with E-state index in [1.165, 1.54) is 5.56 Å². The number of imidazole rings is 1. The monoisotopic (exact) mass is 348 g/mol. The van der Waals surface area contributed by atoms with Crippen LogP contribution in [0.2, 0.25) is 0 Å². The van der Waals surface area contributed by atoms with Gasteiger partial charge in [-0.15, -0.1) is 11.6 Å². The Morgan fingerprint density at radius 3 is 2.65 bits per heavy atom. The zero-order valence-electron chi connectivity index (χ0n) is 10.9. The molecule has 0 unspecified atom stereocenters. The molecule has 0 aliphatic heterocycles. The van der Waals surface area contributed by atoms with Crippen molar-refractivity contribution in [3.05, 3.63) is 64.4 Å². The lowest BCUT2D eigenvalue weighted by Gasteiger charge is -2.08. The standard InChI is InChI=1S/C16H14BrClN2/c17-13-6-7-15-14(10-13)19-16(8-9-18)20(15)11-12-4-2-1-3-5-12/h1-7,10H,8-9,11H2. The number of aromatic nitrogens is 2. The molecule has 0 radical (unpaired) electrons. The Labute approximate surface area is 131 Å². The molecule has 3 rings (SSSR count). The van der Waals surface area contributed by atoms with Gasteiger partial charge in [-0.05, 0) is 23.8 Å². The van der Waals surface area contributed by atoms with E-state index in [4.69, 9.17) is 16.6 Å². The SMILES string of the molecule is ClCCc1nc2cc(Br)ccc2n1Cc1ccccc1. The Morgan fingerprint density at radius 1 is 1.10 bits per heavy atom. The van der Waals surface area contributed by atoms with Crippen LogP contribution in [-0.2, 0) is 13.0 Å². The van der Waals surface area contributed by atoms with Crippen molar-refractivity contribution in [2.24, 2.45) is 0 Å². The molecule has 0 bridgehead atoms.